The maximum Gasteiger partial charge on any atom is 0.143 e. The molecule has 4 heteroatoms. The van der Waals surface area contributed by atoms with Gasteiger partial charge in [-0.25, -0.2) is 0 Å². The molecule has 3 rings (SSSR count). The average Bonchev–Trinajstić information content (AvgIpc) is 2.97. The van der Waals surface area contributed by atoms with E-state index in [2.05, 4.69) is 14.8 Å². The summed E-state index contributed by atoms with van der Waals surface area (Å²) < 4.78 is 2.06. The number of hydrogen-bond acceptors (Lipinski definition) is 3. The maximum atomic E-state index is 12.1. The zero-order chi connectivity index (χ0) is 14.5. The third-order valence-electron chi connectivity index (χ3n) is 4.11. The zero-order valence-electron chi connectivity index (χ0n) is 12.2. The first-order valence-corrected chi connectivity index (χ1v) is 7.76. The SMILES string of the molecule is O=C(Cc1cccnc1)Cc1ccn(C2CCCCC2)n1. The number of Topliss-reactive ketones (excluding diaryl/α,β-unsaturated/α-hetero) is 1. The fourth-order valence-electron chi connectivity index (χ4n) is 3.02. The second-order valence-corrected chi connectivity index (χ2v) is 5.83. The van der Waals surface area contributed by atoms with Crippen molar-refractivity contribution < 1.29 is 4.79 Å². The highest BCUT2D eigenvalue weighted by atomic mass is 16.1. The van der Waals surface area contributed by atoms with Crippen LogP contribution in [0.4, 0.5) is 0 Å². The average molecular weight is 283 g/mol. The van der Waals surface area contributed by atoms with E-state index in [-0.39, 0.29) is 5.78 Å². The van der Waals surface area contributed by atoms with E-state index in [0.717, 1.165) is 11.3 Å². The van der Waals surface area contributed by atoms with Gasteiger partial charge in [0.05, 0.1) is 18.2 Å². The minimum Gasteiger partial charge on any atom is -0.299 e. The van der Waals surface area contributed by atoms with Crippen LogP contribution in [0.5, 0.6) is 0 Å². The highest BCUT2D eigenvalue weighted by molar-refractivity contribution is 5.82. The highest BCUT2D eigenvalue weighted by Gasteiger charge is 2.16. The number of carbonyl (C=O) groups is 1. The Labute approximate surface area is 125 Å². The smallest absolute Gasteiger partial charge is 0.143 e. The molecule has 1 aliphatic carbocycles. The molecule has 0 saturated heterocycles. The van der Waals surface area contributed by atoms with E-state index in [0.29, 0.717) is 18.9 Å². The van der Waals surface area contributed by atoms with E-state index in [1.54, 1.807) is 12.4 Å². The molecule has 2 aromatic rings. The summed E-state index contributed by atoms with van der Waals surface area (Å²) in [5, 5.41) is 4.60. The van der Waals surface area contributed by atoms with Gasteiger partial charge in [0, 0.05) is 25.0 Å². The molecule has 2 heterocycles. The van der Waals surface area contributed by atoms with E-state index < -0.39 is 0 Å². The Morgan fingerprint density at radius 3 is 2.81 bits per heavy atom. The molecule has 0 aromatic carbocycles. The van der Waals surface area contributed by atoms with Gasteiger partial charge in [0.15, 0.2) is 0 Å². The second kappa shape index (κ2) is 6.66. The van der Waals surface area contributed by atoms with Crippen LogP contribution in [0.1, 0.15) is 49.4 Å². The monoisotopic (exact) mass is 283 g/mol. The summed E-state index contributed by atoms with van der Waals surface area (Å²) in [5.74, 6) is 0.192. The lowest BCUT2D eigenvalue weighted by Crippen LogP contribution is -2.14. The van der Waals surface area contributed by atoms with Gasteiger partial charge < -0.3 is 0 Å². The van der Waals surface area contributed by atoms with Crippen molar-refractivity contribution >= 4 is 5.78 Å². The standard InChI is InChI=1S/C17H21N3O/c21-17(11-14-5-4-9-18-13-14)12-15-8-10-20(19-15)16-6-2-1-3-7-16/h4-5,8-10,13,16H,1-3,6-7,11-12H2. The van der Waals surface area contributed by atoms with Gasteiger partial charge in [0.1, 0.15) is 5.78 Å². The molecule has 110 valence electrons. The number of ketones is 1. The molecule has 1 fully saturated rings. The molecule has 21 heavy (non-hydrogen) atoms. The van der Waals surface area contributed by atoms with Crippen LogP contribution in [0.25, 0.3) is 0 Å². The van der Waals surface area contributed by atoms with Crippen LogP contribution in [0, 0.1) is 0 Å². The van der Waals surface area contributed by atoms with Gasteiger partial charge in [-0.2, -0.15) is 5.10 Å². The van der Waals surface area contributed by atoms with E-state index >= 15 is 0 Å². The molecule has 0 N–H and O–H groups in total. The molecule has 0 bridgehead atoms. The molecule has 0 spiro atoms. The molecule has 0 atom stereocenters. The number of pyridine rings is 1. The summed E-state index contributed by atoms with van der Waals surface area (Å²) in [4.78, 5) is 16.1. The van der Waals surface area contributed by atoms with Gasteiger partial charge in [0.25, 0.3) is 0 Å². The number of rotatable bonds is 5. The highest BCUT2D eigenvalue weighted by Crippen LogP contribution is 2.27. The Hall–Kier alpha value is -1.97. The molecule has 0 amide bonds. The van der Waals surface area contributed by atoms with Crippen molar-refractivity contribution in [2.24, 2.45) is 0 Å². The van der Waals surface area contributed by atoms with Crippen LogP contribution in [0.3, 0.4) is 0 Å². The molecule has 1 saturated carbocycles. The summed E-state index contributed by atoms with van der Waals surface area (Å²) in [6.07, 6.45) is 12.7. The fourth-order valence-corrected chi connectivity index (χ4v) is 3.02. The summed E-state index contributed by atoms with van der Waals surface area (Å²) in [5.41, 5.74) is 1.85. The van der Waals surface area contributed by atoms with Crippen LogP contribution in [-0.4, -0.2) is 20.5 Å². The van der Waals surface area contributed by atoms with E-state index in [4.69, 9.17) is 0 Å². The van der Waals surface area contributed by atoms with E-state index in [9.17, 15) is 4.79 Å². The topological polar surface area (TPSA) is 47.8 Å². The summed E-state index contributed by atoms with van der Waals surface area (Å²) in [6, 6.07) is 6.31. The van der Waals surface area contributed by atoms with Gasteiger partial charge in [-0.3, -0.25) is 14.5 Å². The van der Waals surface area contributed by atoms with Gasteiger partial charge >= 0.3 is 0 Å². The van der Waals surface area contributed by atoms with Crippen LogP contribution in [-0.2, 0) is 17.6 Å². The Balaban J connectivity index is 1.57. The molecule has 0 unspecified atom stereocenters. The largest absolute Gasteiger partial charge is 0.299 e. The van der Waals surface area contributed by atoms with E-state index in [1.807, 2.05) is 24.4 Å². The Morgan fingerprint density at radius 2 is 2.05 bits per heavy atom. The van der Waals surface area contributed by atoms with Crippen LogP contribution >= 0.6 is 0 Å². The Bertz CT molecular complexity index is 585. The molecule has 2 aromatic heterocycles. The van der Waals surface area contributed by atoms with Crippen molar-refractivity contribution in [3.63, 3.8) is 0 Å². The predicted octanol–water partition coefficient (Wildman–Crippen LogP) is 3.14. The van der Waals surface area contributed by atoms with E-state index in [1.165, 1.54) is 32.1 Å². The van der Waals surface area contributed by atoms with Crippen molar-refractivity contribution in [3.8, 4) is 0 Å². The number of nitrogens with zero attached hydrogens (tertiary/aromatic N) is 3. The van der Waals surface area contributed by atoms with Crippen LogP contribution < -0.4 is 0 Å². The van der Waals surface area contributed by atoms with Gasteiger partial charge in [-0.15, -0.1) is 0 Å². The molecule has 0 aliphatic heterocycles. The molecule has 4 nitrogen and oxygen atoms in total. The quantitative estimate of drug-likeness (QED) is 0.847. The number of aromatic nitrogens is 3. The normalized spacial score (nSPS) is 16.0. The number of hydrogen-bond donors (Lipinski definition) is 0. The summed E-state index contributed by atoms with van der Waals surface area (Å²) in [6.45, 7) is 0. The zero-order valence-corrected chi connectivity index (χ0v) is 12.2. The molecule has 0 radical (unpaired) electrons. The third-order valence-corrected chi connectivity index (χ3v) is 4.11. The number of carbonyl (C=O) groups excluding carboxylic acids is 1. The van der Waals surface area contributed by atoms with Gasteiger partial charge in [-0.05, 0) is 30.5 Å². The first-order valence-electron chi connectivity index (χ1n) is 7.76. The minimum absolute atomic E-state index is 0.192. The lowest BCUT2D eigenvalue weighted by Gasteiger charge is -2.21. The Morgan fingerprint density at radius 1 is 1.19 bits per heavy atom. The molecular weight excluding hydrogens is 262 g/mol. The van der Waals surface area contributed by atoms with Gasteiger partial charge in [0.2, 0.25) is 0 Å². The third kappa shape index (κ3) is 3.78. The second-order valence-electron chi connectivity index (χ2n) is 5.83. The van der Waals surface area contributed by atoms with Crippen molar-refractivity contribution in [1.29, 1.82) is 0 Å². The minimum atomic E-state index is 0.192. The first-order chi connectivity index (χ1) is 10.3. The van der Waals surface area contributed by atoms with Crippen molar-refractivity contribution in [3.05, 3.63) is 48.0 Å². The van der Waals surface area contributed by atoms with Crippen LogP contribution in [0.15, 0.2) is 36.8 Å². The van der Waals surface area contributed by atoms with Crippen molar-refractivity contribution in [2.75, 3.05) is 0 Å². The fraction of sp³-hybridized carbons (Fsp3) is 0.471. The summed E-state index contributed by atoms with van der Waals surface area (Å²) in [7, 11) is 0. The Kier molecular flexibility index (Phi) is 4.43. The van der Waals surface area contributed by atoms with Crippen molar-refractivity contribution in [2.45, 2.75) is 51.0 Å². The van der Waals surface area contributed by atoms with Gasteiger partial charge in [-0.1, -0.05) is 25.3 Å². The summed E-state index contributed by atoms with van der Waals surface area (Å²) >= 11 is 0. The first kappa shape index (κ1) is 14.0. The predicted molar refractivity (Wildman–Crippen MR) is 81.0 cm³/mol. The maximum absolute atomic E-state index is 12.1. The lowest BCUT2D eigenvalue weighted by molar-refractivity contribution is -0.117. The lowest BCUT2D eigenvalue weighted by atomic mass is 9.96. The molecular formula is C17H21N3O. The van der Waals surface area contributed by atoms with Crippen LogP contribution in [0.2, 0.25) is 0 Å². The molecule has 1 aliphatic rings. The van der Waals surface area contributed by atoms with Crippen molar-refractivity contribution in [1.82, 2.24) is 14.8 Å².